The molecule has 0 aliphatic carbocycles. The highest BCUT2D eigenvalue weighted by Crippen LogP contribution is 2.31. The summed E-state index contributed by atoms with van der Waals surface area (Å²) in [4.78, 5) is 4.24. The molecule has 0 N–H and O–H groups in total. The Labute approximate surface area is 108 Å². The topological polar surface area (TPSA) is 22.1 Å². The van der Waals surface area contributed by atoms with Gasteiger partial charge < -0.3 is 4.74 Å². The maximum atomic E-state index is 6.02. The van der Waals surface area contributed by atoms with Crippen LogP contribution in [0.5, 0.6) is 5.75 Å². The van der Waals surface area contributed by atoms with Crippen LogP contribution in [0.4, 0.5) is 0 Å². The summed E-state index contributed by atoms with van der Waals surface area (Å²) in [6.07, 6.45) is 0. The van der Waals surface area contributed by atoms with Crippen molar-refractivity contribution in [2.45, 2.75) is 5.88 Å². The van der Waals surface area contributed by atoms with E-state index < -0.39 is 0 Å². The average Bonchev–Trinajstić information content (AvgIpc) is 2.28. The molecule has 16 heavy (non-hydrogen) atoms. The van der Waals surface area contributed by atoms with Crippen molar-refractivity contribution in [3.05, 3.63) is 33.9 Å². The third kappa shape index (κ3) is 2.05. The summed E-state index contributed by atoms with van der Waals surface area (Å²) < 4.78 is 5.11. The van der Waals surface area contributed by atoms with Crippen molar-refractivity contribution in [3.8, 4) is 5.75 Å². The Kier molecular flexibility index (Phi) is 3.43. The van der Waals surface area contributed by atoms with E-state index in [1.165, 1.54) is 0 Å². The van der Waals surface area contributed by atoms with Gasteiger partial charge in [-0.2, -0.15) is 0 Å². The van der Waals surface area contributed by atoms with Crippen LogP contribution in [0.1, 0.15) is 5.56 Å². The first kappa shape index (κ1) is 11.8. The van der Waals surface area contributed by atoms with Crippen molar-refractivity contribution in [1.82, 2.24) is 4.98 Å². The third-order valence-electron chi connectivity index (χ3n) is 2.26. The molecular weight excluding hydrogens is 268 g/mol. The van der Waals surface area contributed by atoms with Crippen LogP contribution in [0.25, 0.3) is 10.9 Å². The van der Waals surface area contributed by atoms with E-state index in [1.807, 2.05) is 6.07 Å². The SMILES string of the molecule is COc1cc2nc(Cl)c(CCl)cc2cc1Cl. The summed E-state index contributed by atoms with van der Waals surface area (Å²) in [7, 11) is 1.56. The molecule has 0 aliphatic rings. The zero-order valence-electron chi connectivity index (χ0n) is 8.43. The Balaban J connectivity index is 2.71. The Morgan fingerprint density at radius 1 is 1.25 bits per heavy atom. The number of methoxy groups -OCH3 is 1. The highest BCUT2D eigenvalue weighted by Gasteiger charge is 2.08. The molecule has 2 aromatic rings. The van der Waals surface area contributed by atoms with E-state index in [4.69, 9.17) is 39.5 Å². The van der Waals surface area contributed by atoms with Crippen molar-refractivity contribution in [2.75, 3.05) is 7.11 Å². The molecule has 5 heteroatoms. The molecule has 2 rings (SSSR count). The summed E-state index contributed by atoms with van der Waals surface area (Å²) in [5.74, 6) is 0.905. The van der Waals surface area contributed by atoms with Gasteiger partial charge in [-0.15, -0.1) is 11.6 Å². The molecule has 2 nitrogen and oxygen atoms in total. The van der Waals surface area contributed by atoms with Crippen LogP contribution in [0, 0.1) is 0 Å². The monoisotopic (exact) mass is 275 g/mol. The molecule has 0 atom stereocenters. The van der Waals surface area contributed by atoms with E-state index in [1.54, 1.807) is 19.2 Å². The third-order valence-corrected chi connectivity index (χ3v) is 3.17. The average molecular weight is 277 g/mol. The number of hydrogen-bond acceptors (Lipinski definition) is 2. The smallest absolute Gasteiger partial charge is 0.139 e. The van der Waals surface area contributed by atoms with Crippen LogP contribution in [0.2, 0.25) is 10.2 Å². The lowest BCUT2D eigenvalue weighted by Crippen LogP contribution is -1.90. The van der Waals surface area contributed by atoms with E-state index in [-0.39, 0.29) is 0 Å². The van der Waals surface area contributed by atoms with Gasteiger partial charge in [0.05, 0.1) is 23.5 Å². The minimum Gasteiger partial charge on any atom is -0.495 e. The molecule has 0 fully saturated rings. The second-order valence-corrected chi connectivity index (χ2v) is 4.28. The first-order valence-electron chi connectivity index (χ1n) is 4.54. The molecule has 0 saturated heterocycles. The number of alkyl halides is 1. The maximum absolute atomic E-state index is 6.02. The quantitative estimate of drug-likeness (QED) is 0.603. The summed E-state index contributed by atoms with van der Waals surface area (Å²) >= 11 is 17.7. The van der Waals surface area contributed by atoms with Crippen LogP contribution >= 0.6 is 34.8 Å². The zero-order chi connectivity index (χ0) is 11.7. The number of aromatic nitrogens is 1. The molecule has 1 aromatic carbocycles. The highest BCUT2D eigenvalue weighted by molar-refractivity contribution is 6.33. The van der Waals surface area contributed by atoms with Crippen molar-refractivity contribution in [1.29, 1.82) is 0 Å². The Bertz CT molecular complexity index is 493. The molecule has 0 unspecified atom stereocenters. The van der Waals surface area contributed by atoms with E-state index in [9.17, 15) is 0 Å². The van der Waals surface area contributed by atoms with Gasteiger partial charge >= 0.3 is 0 Å². The molecule has 1 heterocycles. The fourth-order valence-electron chi connectivity index (χ4n) is 1.45. The van der Waals surface area contributed by atoms with Crippen LogP contribution in [0.3, 0.4) is 0 Å². The van der Waals surface area contributed by atoms with Crippen molar-refractivity contribution >= 4 is 45.7 Å². The van der Waals surface area contributed by atoms with Gasteiger partial charge in [-0.25, -0.2) is 4.98 Å². The van der Waals surface area contributed by atoms with Crippen LogP contribution in [-0.4, -0.2) is 12.1 Å². The molecule has 0 spiro atoms. The van der Waals surface area contributed by atoms with Crippen molar-refractivity contribution < 1.29 is 4.74 Å². The van der Waals surface area contributed by atoms with Gasteiger partial charge in [0.1, 0.15) is 10.9 Å². The molecule has 0 aliphatic heterocycles. The largest absolute Gasteiger partial charge is 0.495 e. The fraction of sp³-hybridized carbons (Fsp3) is 0.182. The molecular formula is C11H8Cl3NO. The lowest BCUT2D eigenvalue weighted by Gasteiger charge is -2.07. The van der Waals surface area contributed by atoms with Crippen LogP contribution < -0.4 is 4.74 Å². The summed E-state index contributed by atoms with van der Waals surface area (Å²) in [5.41, 5.74) is 1.53. The number of pyridine rings is 1. The highest BCUT2D eigenvalue weighted by atomic mass is 35.5. The Morgan fingerprint density at radius 3 is 2.62 bits per heavy atom. The Morgan fingerprint density at radius 2 is 2.00 bits per heavy atom. The Hall–Kier alpha value is -0.700. The maximum Gasteiger partial charge on any atom is 0.139 e. The molecule has 0 bridgehead atoms. The van der Waals surface area contributed by atoms with Crippen LogP contribution in [-0.2, 0) is 5.88 Å². The summed E-state index contributed by atoms with van der Waals surface area (Å²) in [6.45, 7) is 0. The number of hydrogen-bond donors (Lipinski definition) is 0. The van der Waals surface area contributed by atoms with Crippen molar-refractivity contribution in [3.63, 3.8) is 0 Å². The number of fused-ring (bicyclic) bond motifs is 1. The molecule has 1 aromatic heterocycles. The first-order valence-corrected chi connectivity index (χ1v) is 5.83. The summed E-state index contributed by atoms with van der Waals surface area (Å²) in [5, 5.41) is 1.84. The lowest BCUT2D eigenvalue weighted by molar-refractivity contribution is 0.415. The van der Waals surface area contributed by atoms with Gasteiger partial charge in [-0.1, -0.05) is 23.2 Å². The number of halogens is 3. The molecule has 84 valence electrons. The molecule has 0 radical (unpaired) electrons. The van der Waals surface area contributed by atoms with E-state index in [0.717, 1.165) is 16.5 Å². The number of benzene rings is 1. The molecule has 0 saturated carbocycles. The van der Waals surface area contributed by atoms with Gasteiger partial charge in [-0.05, 0) is 12.1 Å². The van der Waals surface area contributed by atoms with Crippen LogP contribution in [0.15, 0.2) is 18.2 Å². The zero-order valence-corrected chi connectivity index (χ0v) is 10.7. The normalized spacial score (nSPS) is 10.8. The fourth-order valence-corrected chi connectivity index (χ4v) is 2.18. The van der Waals surface area contributed by atoms with Gasteiger partial charge in [0.2, 0.25) is 0 Å². The van der Waals surface area contributed by atoms with E-state index in [0.29, 0.717) is 21.8 Å². The van der Waals surface area contributed by atoms with Gasteiger partial charge in [-0.3, -0.25) is 0 Å². The number of nitrogens with zero attached hydrogens (tertiary/aromatic N) is 1. The number of rotatable bonds is 2. The second kappa shape index (κ2) is 4.66. The van der Waals surface area contributed by atoms with Crippen molar-refractivity contribution in [2.24, 2.45) is 0 Å². The lowest BCUT2D eigenvalue weighted by atomic mass is 10.1. The predicted molar refractivity (Wildman–Crippen MR) is 67.9 cm³/mol. The van der Waals surface area contributed by atoms with E-state index in [2.05, 4.69) is 4.98 Å². The minimum absolute atomic E-state index is 0.325. The van der Waals surface area contributed by atoms with E-state index >= 15 is 0 Å². The predicted octanol–water partition coefficient (Wildman–Crippen LogP) is 4.29. The molecule has 0 amide bonds. The van der Waals surface area contributed by atoms with Gasteiger partial charge in [0, 0.05) is 17.0 Å². The first-order chi connectivity index (χ1) is 7.65. The van der Waals surface area contributed by atoms with Gasteiger partial charge in [0.15, 0.2) is 0 Å². The second-order valence-electron chi connectivity index (χ2n) is 3.25. The standard InChI is InChI=1S/C11H8Cl3NO/c1-16-10-4-9-6(3-8(10)13)2-7(5-12)11(14)15-9/h2-4H,5H2,1H3. The van der Waals surface area contributed by atoms with Gasteiger partial charge in [0.25, 0.3) is 0 Å². The number of ether oxygens (including phenoxy) is 1. The summed E-state index contributed by atoms with van der Waals surface area (Å²) in [6, 6.07) is 5.42. The minimum atomic E-state index is 0.325.